The fourth-order valence-corrected chi connectivity index (χ4v) is 3.94. The molecular formula is C27H33FN4O7. The van der Waals surface area contributed by atoms with Crippen molar-refractivity contribution in [3.05, 3.63) is 48.3 Å². The SMILES string of the molecule is COC(=O)NCCOCCOCCOCCOc1cc2cc3c(Nc4cccc(F)c4)[nH][nH]c-3c2cc1OC. The van der Waals surface area contributed by atoms with Crippen LogP contribution < -0.4 is 20.1 Å². The van der Waals surface area contributed by atoms with Gasteiger partial charge in [-0.2, -0.15) is 0 Å². The van der Waals surface area contributed by atoms with Crippen molar-refractivity contribution in [3.8, 4) is 22.8 Å². The highest BCUT2D eigenvalue weighted by molar-refractivity contribution is 6.05. The van der Waals surface area contributed by atoms with Crippen molar-refractivity contribution in [2.75, 3.05) is 72.3 Å². The highest BCUT2D eigenvalue weighted by atomic mass is 19.1. The van der Waals surface area contributed by atoms with Crippen molar-refractivity contribution in [2.24, 2.45) is 0 Å². The van der Waals surface area contributed by atoms with Gasteiger partial charge in [0.1, 0.15) is 18.2 Å². The lowest BCUT2D eigenvalue weighted by Gasteiger charge is -2.12. The minimum Gasteiger partial charge on any atom is -0.493 e. The number of methoxy groups -OCH3 is 2. The van der Waals surface area contributed by atoms with Crippen molar-refractivity contribution in [1.82, 2.24) is 15.5 Å². The molecule has 4 rings (SSSR count). The number of anilines is 2. The van der Waals surface area contributed by atoms with Crippen molar-refractivity contribution >= 4 is 28.4 Å². The quantitative estimate of drug-likeness (QED) is 0.154. The maximum absolute atomic E-state index is 13.6. The summed E-state index contributed by atoms with van der Waals surface area (Å²) in [7, 11) is 2.91. The summed E-state index contributed by atoms with van der Waals surface area (Å²) in [6.45, 7) is 3.20. The van der Waals surface area contributed by atoms with Gasteiger partial charge in [-0.3, -0.25) is 10.2 Å². The Morgan fingerprint density at radius 1 is 0.872 bits per heavy atom. The fourth-order valence-electron chi connectivity index (χ4n) is 3.94. The van der Waals surface area contributed by atoms with Crippen LogP contribution in [0.3, 0.4) is 0 Å². The van der Waals surface area contributed by atoms with Gasteiger partial charge < -0.3 is 39.1 Å². The molecule has 0 radical (unpaired) electrons. The van der Waals surface area contributed by atoms with E-state index in [2.05, 4.69) is 25.6 Å². The van der Waals surface area contributed by atoms with Gasteiger partial charge in [0.05, 0.1) is 59.6 Å². The zero-order chi connectivity index (χ0) is 27.5. The molecule has 1 aliphatic carbocycles. The van der Waals surface area contributed by atoms with Gasteiger partial charge in [0.15, 0.2) is 11.5 Å². The van der Waals surface area contributed by atoms with Crippen LogP contribution in [0.4, 0.5) is 20.7 Å². The van der Waals surface area contributed by atoms with E-state index in [9.17, 15) is 9.18 Å². The number of amides is 1. The highest BCUT2D eigenvalue weighted by Crippen LogP contribution is 2.42. The van der Waals surface area contributed by atoms with Gasteiger partial charge in [-0.05, 0) is 41.8 Å². The molecule has 11 nitrogen and oxygen atoms in total. The molecule has 1 amide bonds. The number of benzene rings is 2. The Morgan fingerprint density at radius 2 is 1.62 bits per heavy atom. The molecule has 2 aromatic rings. The van der Waals surface area contributed by atoms with Crippen molar-refractivity contribution < 1.29 is 37.6 Å². The summed E-state index contributed by atoms with van der Waals surface area (Å²) >= 11 is 0. The number of hydrogen-bond acceptors (Lipinski definition) is 8. The maximum Gasteiger partial charge on any atom is 0.406 e. The topological polar surface area (TPSA) is 128 Å². The number of H-pyrrole nitrogens is 2. The van der Waals surface area contributed by atoms with Crippen LogP contribution in [-0.4, -0.2) is 83.3 Å². The summed E-state index contributed by atoms with van der Waals surface area (Å²) in [6.07, 6.45) is -0.483. The van der Waals surface area contributed by atoms with Gasteiger partial charge in [0.25, 0.3) is 0 Å². The van der Waals surface area contributed by atoms with Crippen LogP contribution >= 0.6 is 0 Å². The van der Waals surface area contributed by atoms with Crippen LogP contribution in [0, 0.1) is 5.82 Å². The molecule has 0 saturated heterocycles. The number of alkyl carbamates (subject to hydrolysis) is 1. The van der Waals surface area contributed by atoms with E-state index in [0.29, 0.717) is 70.0 Å². The molecule has 12 heteroatoms. The minimum atomic E-state index is -0.483. The van der Waals surface area contributed by atoms with Crippen molar-refractivity contribution in [2.45, 2.75) is 0 Å². The number of ether oxygens (including phenoxy) is 6. The number of halogens is 1. The summed E-state index contributed by atoms with van der Waals surface area (Å²) < 4.78 is 45.9. The molecule has 0 aromatic heterocycles. The summed E-state index contributed by atoms with van der Waals surface area (Å²) in [4.78, 5) is 10.9. The zero-order valence-corrected chi connectivity index (χ0v) is 21.9. The second-order valence-corrected chi connectivity index (χ2v) is 8.39. The van der Waals surface area contributed by atoms with E-state index < -0.39 is 6.09 Å². The Bertz CT molecular complexity index is 1310. The van der Waals surface area contributed by atoms with Crippen LogP contribution in [0.2, 0.25) is 0 Å². The fraction of sp³-hybridized carbons (Fsp3) is 0.370. The molecule has 0 atom stereocenters. The van der Waals surface area contributed by atoms with Gasteiger partial charge >= 0.3 is 6.09 Å². The lowest BCUT2D eigenvalue weighted by molar-refractivity contribution is 0.00975. The Labute approximate surface area is 225 Å². The predicted octanol–water partition coefficient (Wildman–Crippen LogP) is 4.28. The zero-order valence-electron chi connectivity index (χ0n) is 21.9. The molecule has 210 valence electrons. The Kier molecular flexibility index (Phi) is 10.2. The second-order valence-electron chi connectivity index (χ2n) is 8.39. The maximum atomic E-state index is 13.6. The molecule has 4 N–H and O–H groups in total. The molecule has 1 heterocycles. The number of carbonyl (C=O) groups excluding carboxylic acids is 1. The number of rotatable bonds is 16. The molecule has 1 aliphatic heterocycles. The van der Waals surface area contributed by atoms with Gasteiger partial charge in [0, 0.05) is 23.2 Å². The van der Waals surface area contributed by atoms with Gasteiger partial charge in [-0.15, -0.1) is 0 Å². The largest absolute Gasteiger partial charge is 0.493 e. The third kappa shape index (κ3) is 7.76. The first-order valence-electron chi connectivity index (χ1n) is 12.5. The average molecular weight is 545 g/mol. The van der Waals surface area contributed by atoms with E-state index in [4.69, 9.17) is 23.7 Å². The summed E-state index contributed by atoms with van der Waals surface area (Å²) in [5, 5.41) is 14.0. The highest BCUT2D eigenvalue weighted by Gasteiger charge is 2.19. The molecule has 0 spiro atoms. The minimum absolute atomic E-state index is 0.310. The van der Waals surface area contributed by atoms with Crippen LogP contribution in [0.5, 0.6) is 11.5 Å². The third-order valence-electron chi connectivity index (χ3n) is 5.78. The number of carbonyl (C=O) groups is 1. The number of aromatic nitrogens is 2. The second kappa shape index (κ2) is 14.2. The molecular weight excluding hydrogens is 511 g/mol. The third-order valence-corrected chi connectivity index (χ3v) is 5.78. The first-order chi connectivity index (χ1) is 19.1. The molecule has 39 heavy (non-hydrogen) atoms. The molecule has 0 fully saturated rings. The average Bonchev–Trinajstić information content (AvgIpc) is 3.49. The van der Waals surface area contributed by atoms with Crippen LogP contribution in [0.15, 0.2) is 42.5 Å². The predicted molar refractivity (Wildman–Crippen MR) is 144 cm³/mol. The Morgan fingerprint density at radius 3 is 2.33 bits per heavy atom. The normalized spacial score (nSPS) is 11.2. The first-order valence-corrected chi connectivity index (χ1v) is 12.5. The van der Waals surface area contributed by atoms with Crippen molar-refractivity contribution in [1.29, 1.82) is 0 Å². The number of nitrogens with one attached hydrogen (secondary N) is 4. The van der Waals surface area contributed by atoms with E-state index in [-0.39, 0.29) is 5.82 Å². The number of aromatic amines is 2. The number of fused-ring (bicyclic) bond motifs is 3. The van der Waals surface area contributed by atoms with E-state index in [1.807, 2.05) is 18.2 Å². The first kappa shape index (κ1) is 28.0. The summed E-state index contributed by atoms with van der Waals surface area (Å²) in [5.74, 6) is 1.64. The summed E-state index contributed by atoms with van der Waals surface area (Å²) in [6, 6.07) is 12.2. The number of hydrogen-bond donors (Lipinski definition) is 4. The lowest BCUT2D eigenvalue weighted by Crippen LogP contribution is -2.27. The molecule has 0 saturated carbocycles. The van der Waals surface area contributed by atoms with E-state index in [0.717, 1.165) is 27.8 Å². The Balaban J connectivity index is 1.20. The molecule has 0 bridgehead atoms. The van der Waals surface area contributed by atoms with Gasteiger partial charge in [0.2, 0.25) is 0 Å². The molecule has 2 aromatic carbocycles. The van der Waals surface area contributed by atoms with Gasteiger partial charge in [-0.1, -0.05) is 6.07 Å². The van der Waals surface area contributed by atoms with E-state index in [1.54, 1.807) is 19.2 Å². The van der Waals surface area contributed by atoms with Crippen LogP contribution in [0.25, 0.3) is 22.0 Å². The monoisotopic (exact) mass is 544 g/mol. The summed E-state index contributed by atoms with van der Waals surface area (Å²) in [5.41, 5.74) is 2.48. The van der Waals surface area contributed by atoms with E-state index >= 15 is 0 Å². The molecule has 2 aliphatic rings. The van der Waals surface area contributed by atoms with E-state index in [1.165, 1.54) is 19.2 Å². The Hall–Kier alpha value is -4.00. The molecule has 0 unspecified atom stereocenters. The van der Waals surface area contributed by atoms with Gasteiger partial charge in [-0.25, -0.2) is 9.18 Å². The standard InChI is InChI=1S/C27H33FN4O7/c1-34-23-17-21-18(14-22-25(21)31-32-26(22)30-20-5-3-4-19(28)16-20)15-24(23)39-13-12-38-11-10-37-9-8-36-7-6-29-27(33)35-2/h3-5,14-17,30-32H,6-13H2,1-2H3,(H,29,33). The smallest absolute Gasteiger partial charge is 0.406 e. The lowest BCUT2D eigenvalue weighted by atomic mass is 10.2. The van der Waals surface area contributed by atoms with Crippen molar-refractivity contribution in [3.63, 3.8) is 0 Å². The van der Waals surface area contributed by atoms with Crippen LogP contribution in [0.1, 0.15) is 0 Å². The van der Waals surface area contributed by atoms with Crippen LogP contribution in [-0.2, 0) is 18.9 Å².